The number of nitrogens with zero attached hydrogens (tertiary/aromatic N) is 2. The first kappa shape index (κ1) is 20.6. The molecule has 3 aliphatic rings. The van der Waals surface area contributed by atoms with E-state index in [0.717, 1.165) is 18.4 Å². The van der Waals surface area contributed by atoms with Gasteiger partial charge in [0.25, 0.3) is 0 Å². The van der Waals surface area contributed by atoms with Gasteiger partial charge in [-0.05, 0) is 67.1 Å². The summed E-state index contributed by atoms with van der Waals surface area (Å²) in [6, 6.07) is 11.9. The van der Waals surface area contributed by atoms with E-state index >= 15 is 0 Å². The van der Waals surface area contributed by atoms with Crippen LogP contribution in [0, 0.1) is 0 Å². The van der Waals surface area contributed by atoms with Crippen molar-refractivity contribution in [2.45, 2.75) is 30.1 Å². The van der Waals surface area contributed by atoms with E-state index in [9.17, 15) is 16.8 Å². The van der Waals surface area contributed by atoms with Crippen molar-refractivity contribution in [3.8, 4) is 11.5 Å². The third-order valence-corrected chi connectivity index (χ3v) is 9.88. The smallest absolute Gasteiger partial charge is 0.243 e. The van der Waals surface area contributed by atoms with Gasteiger partial charge in [0.05, 0.1) is 16.3 Å². The van der Waals surface area contributed by atoms with Crippen molar-refractivity contribution in [2.24, 2.45) is 0 Å². The van der Waals surface area contributed by atoms with E-state index in [-0.39, 0.29) is 23.4 Å². The zero-order valence-electron chi connectivity index (χ0n) is 16.9. The Morgan fingerprint density at radius 1 is 0.935 bits per heavy atom. The van der Waals surface area contributed by atoms with Gasteiger partial charge in [0.2, 0.25) is 26.8 Å². The third kappa shape index (κ3) is 3.77. The molecule has 3 aliphatic heterocycles. The highest BCUT2D eigenvalue weighted by Gasteiger charge is 2.34. The summed E-state index contributed by atoms with van der Waals surface area (Å²) in [4.78, 5) is 0.178. The first-order chi connectivity index (χ1) is 14.8. The second-order valence-corrected chi connectivity index (χ2v) is 12.0. The van der Waals surface area contributed by atoms with Crippen molar-refractivity contribution in [2.75, 3.05) is 36.5 Å². The molecule has 0 N–H and O–H groups in total. The molecule has 0 amide bonds. The van der Waals surface area contributed by atoms with E-state index < -0.39 is 20.0 Å². The summed E-state index contributed by atoms with van der Waals surface area (Å²) < 4.78 is 64.6. The Morgan fingerprint density at radius 3 is 2.48 bits per heavy atom. The normalized spacial score (nSPS) is 23.2. The van der Waals surface area contributed by atoms with Crippen molar-refractivity contribution in [1.29, 1.82) is 0 Å². The van der Waals surface area contributed by atoms with Gasteiger partial charge in [0.15, 0.2) is 11.5 Å². The van der Waals surface area contributed by atoms with E-state index in [4.69, 9.17) is 9.47 Å². The Labute approximate surface area is 182 Å². The van der Waals surface area contributed by atoms with Crippen LogP contribution in [0.2, 0.25) is 0 Å². The molecule has 3 heterocycles. The van der Waals surface area contributed by atoms with E-state index in [1.807, 2.05) is 18.2 Å². The number of anilines is 1. The molecule has 8 nitrogen and oxygen atoms in total. The number of rotatable bonds is 4. The van der Waals surface area contributed by atoms with Gasteiger partial charge < -0.3 is 9.47 Å². The standard InChI is InChI=1S/C21H24N2O6S2/c24-30(25)12-2-1-10-23(30)18-4-6-19(7-5-18)31(26,27)22-11-9-17(14-22)16-3-8-20-21(13-16)29-15-28-20/h3-8,13,17H,1-2,9-12,14-15H2. The first-order valence-electron chi connectivity index (χ1n) is 10.3. The Kier molecular flexibility index (Phi) is 5.10. The molecular weight excluding hydrogens is 440 g/mol. The third-order valence-electron chi connectivity index (χ3n) is 6.13. The fraction of sp³-hybridized carbons (Fsp3) is 0.429. The Morgan fingerprint density at radius 2 is 1.71 bits per heavy atom. The Balaban J connectivity index is 1.32. The van der Waals surface area contributed by atoms with Gasteiger partial charge in [-0.25, -0.2) is 16.8 Å². The molecule has 1 atom stereocenters. The Hall–Kier alpha value is -2.30. The molecule has 2 fully saturated rings. The van der Waals surface area contributed by atoms with Crippen LogP contribution < -0.4 is 13.8 Å². The van der Waals surface area contributed by atoms with Crippen LogP contribution in [0.15, 0.2) is 47.4 Å². The molecule has 2 aromatic carbocycles. The fourth-order valence-electron chi connectivity index (χ4n) is 4.40. The fourth-order valence-corrected chi connectivity index (χ4v) is 7.54. The molecule has 166 valence electrons. The molecule has 2 saturated heterocycles. The maximum atomic E-state index is 13.2. The lowest BCUT2D eigenvalue weighted by molar-refractivity contribution is 0.174. The lowest BCUT2D eigenvalue weighted by Crippen LogP contribution is -2.37. The second-order valence-electron chi connectivity index (χ2n) is 8.05. The summed E-state index contributed by atoms with van der Waals surface area (Å²) in [7, 11) is -6.99. The van der Waals surface area contributed by atoms with Crippen molar-refractivity contribution < 1.29 is 26.3 Å². The molecule has 31 heavy (non-hydrogen) atoms. The largest absolute Gasteiger partial charge is 0.454 e. The number of fused-ring (bicyclic) bond motifs is 1. The first-order valence-corrected chi connectivity index (χ1v) is 13.4. The molecule has 5 rings (SSSR count). The summed E-state index contributed by atoms with van der Waals surface area (Å²) in [6.07, 6.45) is 2.18. The number of benzene rings is 2. The van der Waals surface area contributed by atoms with E-state index in [0.29, 0.717) is 43.2 Å². The highest BCUT2D eigenvalue weighted by atomic mass is 32.2. The Bertz CT molecular complexity index is 1190. The number of hydrogen-bond acceptors (Lipinski definition) is 6. The highest BCUT2D eigenvalue weighted by molar-refractivity contribution is 7.92. The summed E-state index contributed by atoms with van der Waals surface area (Å²) in [6.45, 7) is 1.46. The minimum absolute atomic E-state index is 0.0852. The summed E-state index contributed by atoms with van der Waals surface area (Å²) in [5.74, 6) is 1.62. The highest BCUT2D eigenvalue weighted by Crippen LogP contribution is 2.38. The average Bonchev–Trinajstić information content (AvgIpc) is 3.43. The summed E-state index contributed by atoms with van der Waals surface area (Å²) in [5.41, 5.74) is 1.55. The zero-order valence-corrected chi connectivity index (χ0v) is 18.6. The quantitative estimate of drug-likeness (QED) is 0.690. The van der Waals surface area contributed by atoms with Crippen LogP contribution in [-0.4, -0.2) is 53.3 Å². The summed E-state index contributed by atoms with van der Waals surface area (Å²) in [5, 5.41) is 0. The number of sulfonamides is 2. The molecule has 0 aliphatic carbocycles. The SMILES string of the molecule is O=S1(=O)CCCCN1c1ccc(S(=O)(=O)N2CCC(c3ccc4c(c3)OCO4)C2)cc1. The van der Waals surface area contributed by atoms with Crippen LogP contribution in [0.4, 0.5) is 5.69 Å². The van der Waals surface area contributed by atoms with Crippen LogP contribution in [0.5, 0.6) is 11.5 Å². The van der Waals surface area contributed by atoms with Crippen molar-refractivity contribution in [3.63, 3.8) is 0 Å². The van der Waals surface area contributed by atoms with E-state index in [2.05, 4.69) is 0 Å². The van der Waals surface area contributed by atoms with Crippen molar-refractivity contribution in [1.82, 2.24) is 4.31 Å². The predicted octanol–water partition coefficient (Wildman–Crippen LogP) is 2.52. The molecule has 10 heteroatoms. The van der Waals surface area contributed by atoms with Crippen molar-refractivity contribution >= 4 is 25.7 Å². The number of hydrogen-bond donors (Lipinski definition) is 0. The molecule has 0 radical (unpaired) electrons. The van der Waals surface area contributed by atoms with Gasteiger partial charge in [0.1, 0.15) is 0 Å². The molecule has 0 saturated carbocycles. The van der Waals surface area contributed by atoms with Gasteiger partial charge in [-0.2, -0.15) is 4.31 Å². The van der Waals surface area contributed by atoms with E-state index in [1.54, 1.807) is 12.1 Å². The van der Waals surface area contributed by atoms with Gasteiger partial charge in [-0.3, -0.25) is 4.31 Å². The van der Waals surface area contributed by atoms with Gasteiger partial charge in [-0.1, -0.05) is 6.07 Å². The molecule has 0 bridgehead atoms. The maximum Gasteiger partial charge on any atom is 0.243 e. The molecule has 2 aromatic rings. The van der Waals surface area contributed by atoms with Crippen LogP contribution in [-0.2, 0) is 20.0 Å². The van der Waals surface area contributed by atoms with Gasteiger partial charge in [-0.15, -0.1) is 0 Å². The monoisotopic (exact) mass is 464 g/mol. The van der Waals surface area contributed by atoms with Crippen LogP contribution in [0.3, 0.4) is 0 Å². The average molecular weight is 465 g/mol. The van der Waals surface area contributed by atoms with Crippen LogP contribution in [0.25, 0.3) is 0 Å². The number of ether oxygens (including phenoxy) is 2. The second kappa shape index (κ2) is 7.68. The molecular formula is C21H24N2O6S2. The maximum absolute atomic E-state index is 13.2. The topological polar surface area (TPSA) is 93.2 Å². The molecule has 0 spiro atoms. The van der Waals surface area contributed by atoms with E-state index in [1.165, 1.54) is 20.7 Å². The summed E-state index contributed by atoms with van der Waals surface area (Å²) >= 11 is 0. The molecule has 1 unspecified atom stereocenters. The van der Waals surface area contributed by atoms with Crippen LogP contribution >= 0.6 is 0 Å². The zero-order chi connectivity index (χ0) is 21.6. The lowest BCUT2D eigenvalue weighted by Gasteiger charge is -2.28. The predicted molar refractivity (Wildman–Crippen MR) is 115 cm³/mol. The van der Waals surface area contributed by atoms with Crippen molar-refractivity contribution in [3.05, 3.63) is 48.0 Å². The lowest BCUT2D eigenvalue weighted by atomic mass is 9.98. The molecule has 0 aromatic heterocycles. The van der Waals surface area contributed by atoms with Gasteiger partial charge in [0, 0.05) is 19.6 Å². The van der Waals surface area contributed by atoms with Crippen LogP contribution in [0.1, 0.15) is 30.7 Å². The minimum atomic E-state index is -3.66. The minimum Gasteiger partial charge on any atom is -0.454 e. The van der Waals surface area contributed by atoms with Gasteiger partial charge >= 0.3 is 0 Å².